The molecule has 0 aromatic heterocycles. The number of esters is 4. The largest absolute Gasteiger partial charge is 0.519 e. The van der Waals surface area contributed by atoms with E-state index < -0.39 is 48.7 Å². The first-order valence-corrected chi connectivity index (χ1v) is 38.7. The van der Waals surface area contributed by atoms with Gasteiger partial charge in [-0.05, 0) is 244 Å². The Bertz CT molecular complexity index is 5100. The van der Waals surface area contributed by atoms with E-state index in [-0.39, 0.29) is 38.7 Å². The van der Waals surface area contributed by atoms with Crippen LogP contribution in [-0.2, 0) is 44.4 Å². The monoisotopic (exact) mass is 1600 g/mol. The normalized spacial score (nSPS) is 14.3. The number of rotatable bonds is 34. The summed E-state index contributed by atoms with van der Waals surface area (Å²) in [5, 5.41) is 3.76. The van der Waals surface area contributed by atoms with Crippen molar-refractivity contribution in [3.05, 3.63) is 313 Å². The maximum absolute atomic E-state index is 13.0. The van der Waals surface area contributed by atoms with E-state index in [0.29, 0.717) is 90.0 Å². The van der Waals surface area contributed by atoms with E-state index in [1.54, 1.807) is 97.1 Å². The first-order chi connectivity index (χ1) is 58.1. The van der Waals surface area contributed by atoms with Gasteiger partial charge in [-0.2, -0.15) is 0 Å². The van der Waals surface area contributed by atoms with E-state index in [0.717, 1.165) is 103 Å². The highest BCUT2D eigenvalue weighted by Gasteiger charge is 2.51. The van der Waals surface area contributed by atoms with Crippen LogP contribution in [0.15, 0.2) is 280 Å². The summed E-state index contributed by atoms with van der Waals surface area (Å²) in [6.07, 6.45) is 2.91. The lowest BCUT2D eigenvalue weighted by molar-refractivity contribution is -0.142. The second kappa shape index (κ2) is 41.4. The molecule has 4 atom stereocenters. The molecule has 22 nitrogen and oxygen atoms in total. The van der Waals surface area contributed by atoms with Crippen molar-refractivity contribution in [3.63, 3.8) is 0 Å². The van der Waals surface area contributed by atoms with Crippen molar-refractivity contribution >= 4 is 69.9 Å². The number of unbranched alkanes of at least 4 members (excludes halogenated alkanes) is 2. The number of carbonyl (C=O) groups is 6. The van der Waals surface area contributed by atoms with Gasteiger partial charge in [0.25, 0.3) is 0 Å². The lowest BCUT2D eigenvalue weighted by atomic mass is 9.95. The highest BCUT2D eigenvalue weighted by molar-refractivity contribution is 5.92. The third-order valence-corrected chi connectivity index (χ3v) is 19.2. The number of hydrogen-bond acceptors (Lipinski definition) is 22. The van der Waals surface area contributed by atoms with E-state index in [4.69, 9.17) is 75.8 Å². The summed E-state index contributed by atoms with van der Waals surface area (Å²) in [5.74, 6) is 3.60. The van der Waals surface area contributed by atoms with Crippen LogP contribution in [0.5, 0.6) is 57.5 Å². The molecule has 2 saturated heterocycles. The highest BCUT2D eigenvalue weighted by atomic mass is 16.7. The minimum Gasteiger partial charge on any atom is -0.494 e. The van der Waals surface area contributed by atoms with E-state index in [2.05, 4.69) is 13.2 Å². The van der Waals surface area contributed by atoms with Crippen molar-refractivity contribution in [1.82, 2.24) is 0 Å². The maximum atomic E-state index is 13.0. The quantitative estimate of drug-likeness (QED) is 0.0119. The summed E-state index contributed by atoms with van der Waals surface area (Å²) in [4.78, 5) is 73.6. The third-order valence-electron chi connectivity index (χ3n) is 19.2. The molecule has 0 aliphatic carbocycles. The van der Waals surface area contributed by atoms with Crippen LogP contribution in [0.3, 0.4) is 0 Å². The number of hydrogen-bond donors (Lipinski definition) is 0. The molecule has 22 heteroatoms. The van der Waals surface area contributed by atoms with Gasteiger partial charge in [-0.1, -0.05) is 147 Å². The number of benzene rings is 12. The molecule has 0 saturated carbocycles. The third kappa shape index (κ3) is 24.0. The van der Waals surface area contributed by atoms with Crippen LogP contribution in [0, 0.1) is 0 Å². The Kier molecular flexibility index (Phi) is 28.8. The number of carbonyl (C=O) groups excluding carboxylic acids is 6. The van der Waals surface area contributed by atoms with Crippen LogP contribution in [0.2, 0.25) is 0 Å². The van der Waals surface area contributed by atoms with Crippen molar-refractivity contribution in [2.24, 2.45) is 0 Å². The SMILES string of the molecule is C=Cc1ccc(OCOc2ccc(C(=O)O[C@H]3CO[C@H]4[C@@H]3OC[C@H]4OC(=O)c3ccc(OCOc4ccc(C=C)cc4)cc3)cc2)cc1.CC(=O)OCCCCOc1ccc(-c2ccc(OC(=O)Oc3ccc4cccc(Cc5cccc6ccc(OC(=O)Oc7ccc(-c8ccc(OCCCCOC(C)=O)cc8)cc7)cc56)c4c3)cc2)cc1. The topological polar surface area (TPSA) is 250 Å². The Balaban J connectivity index is 0.000000222. The van der Waals surface area contributed by atoms with Crippen LogP contribution in [0.1, 0.15) is 82.5 Å². The second-order valence-electron chi connectivity index (χ2n) is 27.5. The van der Waals surface area contributed by atoms with Crippen LogP contribution in [0.4, 0.5) is 9.59 Å². The Labute approximate surface area is 687 Å². The van der Waals surface area contributed by atoms with Crippen LogP contribution in [0.25, 0.3) is 56.0 Å². The summed E-state index contributed by atoms with van der Waals surface area (Å²) < 4.78 is 89.5. The van der Waals surface area contributed by atoms with Crippen molar-refractivity contribution in [1.29, 1.82) is 0 Å². The molecule has 0 bridgehead atoms. The Morgan fingerprint density at radius 3 is 0.992 bits per heavy atom. The van der Waals surface area contributed by atoms with Gasteiger partial charge < -0.3 is 75.8 Å². The average Bonchev–Trinajstić information content (AvgIpc) is 1.75. The zero-order valence-corrected chi connectivity index (χ0v) is 65.5. The lowest BCUT2D eigenvalue weighted by Gasteiger charge is -2.17. The summed E-state index contributed by atoms with van der Waals surface area (Å²) in [6.45, 7) is 12.3. The van der Waals surface area contributed by atoms with E-state index in [1.807, 2.05) is 182 Å². The summed E-state index contributed by atoms with van der Waals surface area (Å²) in [7, 11) is 0. The molecule has 12 aromatic rings. The molecule has 0 radical (unpaired) electrons. The van der Waals surface area contributed by atoms with Gasteiger partial charge in [0.15, 0.2) is 12.2 Å². The predicted octanol–water partition coefficient (Wildman–Crippen LogP) is 19.9. The minimum atomic E-state index is -0.864. The van der Waals surface area contributed by atoms with Gasteiger partial charge in [0.05, 0.1) is 50.8 Å². The van der Waals surface area contributed by atoms with E-state index in [1.165, 1.54) is 13.8 Å². The van der Waals surface area contributed by atoms with Crippen LogP contribution >= 0.6 is 0 Å². The fourth-order valence-corrected chi connectivity index (χ4v) is 13.0. The van der Waals surface area contributed by atoms with E-state index in [9.17, 15) is 28.8 Å². The standard InChI is InChI=1S/C59H52O12.C38H34O10/c1-40(60)64-33-3-5-35-66-50-23-13-42(14-24-50)44-17-27-52(28-18-44)68-58(62)70-54-31-21-46-9-7-11-48(56(46)38-54)37-49-12-8-10-47-22-32-55(39-57(47)49)71-59(63)69-53-29-19-45(20-30-53)43-15-25-51(26-16-43)67-36-6-4-34-65-41(2)61;1-3-25-5-13-29(14-6-25)43-23-45-31-17-9-27(10-18-31)37(39)47-33-21-41-36-34(22-42-35(33)36)48-38(40)28-11-19-32(20-12-28)46-24-44-30-15-7-26(4-2)8-16-30/h7-32,38-39H,3-6,33-37H2,1-2H3;3-20,33-36H,1-2,21-24H2/t;33-,34+,35-,36-/m.1/s1. The molecule has 119 heavy (non-hydrogen) atoms. The fourth-order valence-electron chi connectivity index (χ4n) is 13.0. The predicted molar refractivity (Wildman–Crippen MR) is 447 cm³/mol. The van der Waals surface area contributed by atoms with E-state index >= 15 is 0 Å². The Morgan fingerprint density at radius 2 is 0.647 bits per heavy atom. The highest BCUT2D eigenvalue weighted by Crippen LogP contribution is 2.35. The fraction of sp³-hybridized carbons (Fsp3) is 0.196. The lowest BCUT2D eigenvalue weighted by Crippen LogP contribution is -2.36. The van der Waals surface area contributed by atoms with Gasteiger partial charge >= 0.3 is 36.2 Å². The van der Waals surface area contributed by atoms with Crippen LogP contribution < -0.4 is 47.4 Å². The van der Waals surface area contributed by atoms with Gasteiger partial charge in [-0.25, -0.2) is 19.2 Å². The molecule has 0 amide bonds. The first-order valence-electron chi connectivity index (χ1n) is 38.7. The molecular formula is C97H86O22. The smallest absolute Gasteiger partial charge is 0.494 e. The van der Waals surface area contributed by atoms with Crippen LogP contribution in [-0.4, -0.2) is 114 Å². The number of ether oxygens (including phenoxy) is 16. The molecule has 2 aliphatic rings. The molecule has 0 unspecified atom stereocenters. The molecule has 0 spiro atoms. The minimum absolute atomic E-state index is 0.00481. The van der Waals surface area contributed by atoms with Gasteiger partial charge in [-0.15, -0.1) is 0 Å². The summed E-state index contributed by atoms with van der Waals surface area (Å²) >= 11 is 0. The molecule has 0 N–H and O–H groups in total. The van der Waals surface area contributed by atoms with Crippen molar-refractivity contribution < 1.29 is 105 Å². The van der Waals surface area contributed by atoms with Crippen molar-refractivity contribution in [2.75, 3.05) is 53.2 Å². The molecule has 2 heterocycles. The molecule has 2 aliphatic heterocycles. The molecule has 606 valence electrons. The molecular weight excluding hydrogens is 1520 g/mol. The number of fused-ring (bicyclic) bond motifs is 3. The van der Waals surface area contributed by atoms with Gasteiger partial charge in [0.1, 0.15) is 69.7 Å². The Morgan fingerprint density at radius 1 is 0.345 bits per heavy atom. The van der Waals surface area contributed by atoms with Gasteiger partial charge in [0, 0.05) is 13.8 Å². The first kappa shape index (κ1) is 82.8. The maximum Gasteiger partial charge on any atom is 0.519 e. The zero-order chi connectivity index (χ0) is 82.7. The van der Waals surface area contributed by atoms with Crippen molar-refractivity contribution in [2.45, 2.75) is 70.4 Å². The molecule has 14 rings (SSSR count). The zero-order valence-electron chi connectivity index (χ0n) is 65.5. The summed E-state index contributed by atoms with van der Waals surface area (Å²) in [5.41, 5.74) is 8.49. The molecule has 2 fully saturated rings. The molecule has 12 aromatic carbocycles. The summed E-state index contributed by atoms with van der Waals surface area (Å²) in [6, 6.07) is 80.7. The van der Waals surface area contributed by atoms with Crippen molar-refractivity contribution in [3.8, 4) is 79.7 Å². The Hall–Kier alpha value is -14.2. The average molecular weight is 1600 g/mol. The van der Waals surface area contributed by atoms with Gasteiger partial charge in [-0.3, -0.25) is 9.59 Å². The second-order valence-corrected chi connectivity index (χ2v) is 27.5. The van der Waals surface area contributed by atoms with Gasteiger partial charge in [0.2, 0.25) is 13.6 Å².